The van der Waals surface area contributed by atoms with Crippen molar-refractivity contribution in [2.45, 2.75) is 19.3 Å². The van der Waals surface area contributed by atoms with Crippen LogP contribution in [0, 0.1) is 5.92 Å². The molecule has 1 amide bonds. The first-order valence-electron chi connectivity index (χ1n) is 5.98. The highest BCUT2D eigenvalue weighted by atomic mass is 79.9. The van der Waals surface area contributed by atoms with Crippen LogP contribution in [0.15, 0.2) is 21.4 Å². The molecule has 2 N–H and O–H groups in total. The van der Waals surface area contributed by atoms with Gasteiger partial charge in [-0.25, -0.2) is 0 Å². The van der Waals surface area contributed by atoms with Crippen LogP contribution in [0.5, 0.6) is 0 Å². The summed E-state index contributed by atoms with van der Waals surface area (Å²) in [7, 11) is 0. The zero-order valence-electron chi connectivity index (χ0n) is 10.1. The molecule has 0 aromatic carbocycles. The van der Waals surface area contributed by atoms with Crippen LogP contribution in [0.3, 0.4) is 0 Å². The van der Waals surface area contributed by atoms with E-state index in [1.54, 1.807) is 6.07 Å². The number of rotatable bonds is 4. The van der Waals surface area contributed by atoms with Crippen LogP contribution >= 0.6 is 28.3 Å². The molecule has 0 saturated carbocycles. The van der Waals surface area contributed by atoms with E-state index in [4.69, 9.17) is 4.42 Å². The third kappa shape index (κ3) is 4.63. The second kappa shape index (κ2) is 7.81. The van der Waals surface area contributed by atoms with E-state index >= 15 is 0 Å². The Labute approximate surface area is 121 Å². The van der Waals surface area contributed by atoms with Gasteiger partial charge < -0.3 is 15.1 Å². The molecule has 1 atom stereocenters. The van der Waals surface area contributed by atoms with Gasteiger partial charge >= 0.3 is 0 Å². The van der Waals surface area contributed by atoms with Gasteiger partial charge in [0.1, 0.15) is 6.26 Å². The highest BCUT2D eigenvalue weighted by Gasteiger charge is 2.13. The SMILES string of the molecule is Cl.O=C(NCCC1CCCNC1)c1coc(Br)c1. The second-order valence-electron chi connectivity index (χ2n) is 4.40. The fourth-order valence-electron chi connectivity index (χ4n) is 2.09. The van der Waals surface area contributed by atoms with Crippen LogP contribution in [0.25, 0.3) is 0 Å². The summed E-state index contributed by atoms with van der Waals surface area (Å²) < 4.78 is 5.61. The van der Waals surface area contributed by atoms with Gasteiger partial charge in [-0.1, -0.05) is 0 Å². The molecule has 1 aliphatic heterocycles. The van der Waals surface area contributed by atoms with Crippen molar-refractivity contribution in [1.82, 2.24) is 10.6 Å². The maximum atomic E-state index is 11.7. The fourth-order valence-corrected chi connectivity index (χ4v) is 2.43. The van der Waals surface area contributed by atoms with Crippen molar-refractivity contribution in [2.75, 3.05) is 19.6 Å². The first-order chi connectivity index (χ1) is 8.25. The minimum Gasteiger partial charge on any atom is -0.457 e. The molecule has 102 valence electrons. The second-order valence-corrected chi connectivity index (χ2v) is 5.18. The van der Waals surface area contributed by atoms with Crippen molar-refractivity contribution >= 4 is 34.2 Å². The van der Waals surface area contributed by atoms with Crippen LogP contribution in [0.2, 0.25) is 0 Å². The van der Waals surface area contributed by atoms with Crippen molar-refractivity contribution in [2.24, 2.45) is 5.92 Å². The first kappa shape index (κ1) is 15.5. The molecule has 2 rings (SSSR count). The Bertz CT molecular complexity index is 378. The Balaban J connectivity index is 0.00000162. The van der Waals surface area contributed by atoms with E-state index in [1.807, 2.05) is 0 Å². The topological polar surface area (TPSA) is 54.3 Å². The Kier molecular flexibility index (Phi) is 6.75. The number of hydrogen-bond acceptors (Lipinski definition) is 3. The maximum Gasteiger partial charge on any atom is 0.254 e. The van der Waals surface area contributed by atoms with Gasteiger partial charge in [-0.15, -0.1) is 12.4 Å². The fraction of sp³-hybridized carbons (Fsp3) is 0.583. The van der Waals surface area contributed by atoms with Gasteiger partial charge in [0, 0.05) is 12.6 Å². The molecule has 2 heterocycles. The number of furan rings is 1. The highest BCUT2D eigenvalue weighted by molar-refractivity contribution is 9.10. The van der Waals surface area contributed by atoms with Crippen molar-refractivity contribution in [3.8, 4) is 0 Å². The summed E-state index contributed by atoms with van der Waals surface area (Å²) in [5.41, 5.74) is 0.568. The number of carbonyl (C=O) groups excluding carboxylic acids is 1. The molecule has 1 unspecified atom stereocenters. The largest absolute Gasteiger partial charge is 0.457 e. The maximum absolute atomic E-state index is 11.7. The Morgan fingerprint density at radius 3 is 3.06 bits per heavy atom. The van der Waals surface area contributed by atoms with Gasteiger partial charge in [0.15, 0.2) is 4.67 Å². The van der Waals surface area contributed by atoms with E-state index in [2.05, 4.69) is 26.6 Å². The Hall–Kier alpha value is -0.520. The molecule has 1 aromatic rings. The molecule has 0 aliphatic carbocycles. The van der Waals surface area contributed by atoms with Crippen LogP contribution in [0.4, 0.5) is 0 Å². The summed E-state index contributed by atoms with van der Waals surface area (Å²) >= 11 is 3.18. The number of piperidine rings is 1. The normalized spacial score (nSPS) is 19.1. The van der Waals surface area contributed by atoms with Crippen molar-refractivity contribution < 1.29 is 9.21 Å². The minimum absolute atomic E-state index is 0. The Morgan fingerprint density at radius 1 is 1.61 bits per heavy atom. The van der Waals surface area contributed by atoms with E-state index in [-0.39, 0.29) is 18.3 Å². The molecule has 1 fully saturated rings. The van der Waals surface area contributed by atoms with Gasteiger partial charge in [0.2, 0.25) is 0 Å². The summed E-state index contributed by atoms with van der Waals surface area (Å²) in [6, 6.07) is 1.68. The number of nitrogens with one attached hydrogen (secondary N) is 2. The average Bonchev–Trinajstić information content (AvgIpc) is 2.77. The van der Waals surface area contributed by atoms with Crippen molar-refractivity contribution in [3.63, 3.8) is 0 Å². The number of hydrogen-bond donors (Lipinski definition) is 2. The van der Waals surface area contributed by atoms with E-state index < -0.39 is 0 Å². The van der Waals surface area contributed by atoms with Gasteiger partial charge in [0.25, 0.3) is 5.91 Å². The summed E-state index contributed by atoms with van der Waals surface area (Å²) in [5, 5.41) is 6.29. The van der Waals surface area contributed by atoms with E-state index in [1.165, 1.54) is 19.1 Å². The zero-order valence-corrected chi connectivity index (χ0v) is 12.5. The van der Waals surface area contributed by atoms with Crippen molar-refractivity contribution in [1.29, 1.82) is 0 Å². The average molecular weight is 338 g/mol. The summed E-state index contributed by atoms with van der Waals surface area (Å²) in [4.78, 5) is 11.7. The number of halogens is 2. The van der Waals surface area contributed by atoms with Gasteiger partial charge in [-0.05, 0) is 54.2 Å². The Morgan fingerprint density at radius 2 is 2.44 bits per heavy atom. The lowest BCUT2D eigenvalue weighted by Gasteiger charge is -2.22. The van der Waals surface area contributed by atoms with E-state index in [9.17, 15) is 4.79 Å². The van der Waals surface area contributed by atoms with Gasteiger partial charge in [-0.3, -0.25) is 4.79 Å². The third-order valence-electron chi connectivity index (χ3n) is 3.07. The summed E-state index contributed by atoms with van der Waals surface area (Å²) in [6.45, 7) is 2.94. The lowest BCUT2D eigenvalue weighted by Crippen LogP contribution is -2.33. The smallest absolute Gasteiger partial charge is 0.254 e. The van der Waals surface area contributed by atoms with Crippen LogP contribution in [-0.4, -0.2) is 25.5 Å². The van der Waals surface area contributed by atoms with Crippen LogP contribution in [0.1, 0.15) is 29.6 Å². The molecule has 1 aromatic heterocycles. The minimum atomic E-state index is -0.0665. The predicted octanol–water partition coefficient (Wildman–Crippen LogP) is 2.58. The van der Waals surface area contributed by atoms with Crippen LogP contribution < -0.4 is 10.6 Å². The summed E-state index contributed by atoms with van der Waals surface area (Å²) in [5.74, 6) is 0.628. The van der Waals surface area contributed by atoms with Crippen molar-refractivity contribution in [3.05, 3.63) is 22.6 Å². The van der Waals surface area contributed by atoms with Gasteiger partial charge in [-0.2, -0.15) is 0 Å². The zero-order chi connectivity index (χ0) is 12.1. The number of amides is 1. The summed E-state index contributed by atoms with van der Waals surface area (Å²) in [6.07, 6.45) is 5.01. The van der Waals surface area contributed by atoms with E-state index in [0.717, 1.165) is 26.1 Å². The molecule has 0 bridgehead atoms. The molecule has 1 saturated heterocycles. The quantitative estimate of drug-likeness (QED) is 0.888. The van der Waals surface area contributed by atoms with Crippen LogP contribution in [-0.2, 0) is 0 Å². The number of carbonyl (C=O) groups is 1. The molecular formula is C12H18BrClN2O2. The molecular weight excluding hydrogens is 320 g/mol. The van der Waals surface area contributed by atoms with E-state index in [0.29, 0.717) is 16.2 Å². The molecule has 6 heteroatoms. The standard InChI is InChI=1S/C12H17BrN2O2.ClH/c13-11-6-10(8-17-11)12(16)15-5-3-9-2-1-4-14-7-9;/h6,8-9,14H,1-5,7H2,(H,15,16);1H. The predicted molar refractivity (Wildman–Crippen MR) is 76.2 cm³/mol. The third-order valence-corrected chi connectivity index (χ3v) is 3.48. The highest BCUT2D eigenvalue weighted by Crippen LogP contribution is 2.15. The lowest BCUT2D eigenvalue weighted by atomic mass is 9.96. The first-order valence-corrected chi connectivity index (χ1v) is 6.78. The molecule has 4 nitrogen and oxygen atoms in total. The monoisotopic (exact) mass is 336 g/mol. The molecule has 0 spiro atoms. The molecule has 0 radical (unpaired) electrons. The lowest BCUT2D eigenvalue weighted by molar-refractivity contribution is 0.0950. The van der Waals surface area contributed by atoms with Gasteiger partial charge in [0.05, 0.1) is 5.56 Å². The molecule has 1 aliphatic rings. The molecule has 18 heavy (non-hydrogen) atoms.